The zero-order valence-corrected chi connectivity index (χ0v) is 11.9. The molecule has 0 bridgehead atoms. The number of hydrogen-bond donors (Lipinski definition) is 1. The summed E-state index contributed by atoms with van der Waals surface area (Å²) in [5.74, 6) is 0. The molecule has 2 unspecified atom stereocenters. The number of thiazole rings is 1. The largest absolute Gasteiger partial charge is 0.390 e. The Morgan fingerprint density at radius 3 is 3.17 bits per heavy atom. The third-order valence-corrected chi connectivity index (χ3v) is 4.05. The summed E-state index contributed by atoms with van der Waals surface area (Å²) in [7, 11) is 0. The first kappa shape index (κ1) is 13.9. The molecule has 0 saturated carbocycles. The van der Waals surface area contributed by atoms with E-state index < -0.39 is 6.10 Å². The van der Waals surface area contributed by atoms with Crippen LogP contribution in [0.3, 0.4) is 0 Å². The van der Waals surface area contributed by atoms with E-state index in [1.54, 1.807) is 11.3 Å². The van der Waals surface area contributed by atoms with Gasteiger partial charge in [0, 0.05) is 24.9 Å². The van der Waals surface area contributed by atoms with Crippen LogP contribution in [0, 0.1) is 6.92 Å². The summed E-state index contributed by atoms with van der Waals surface area (Å²) in [6.45, 7) is 7.78. The lowest BCUT2D eigenvalue weighted by molar-refractivity contribution is -0.0879. The first-order chi connectivity index (χ1) is 8.69. The molecule has 0 radical (unpaired) electrons. The van der Waals surface area contributed by atoms with Gasteiger partial charge in [-0.15, -0.1) is 11.3 Å². The molecule has 1 aliphatic rings. The van der Waals surface area contributed by atoms with Gasteiger partial charge in [0.15, 0.2) is 0 Å². The van der Waals surface area contributed by atoms with Crippen molar-refractivity contribution in [2.45, 2.75) is 38.9 Å². The summed E-state index contributed by atoms with van der Waals surface area (Å²) in [6.07, 6.45) is 1.21. The second-order valence-electron chi connectivity index (χ2n) is 4.84. The molecule has 1 fully saturated rings. The predicted octanol–water partition coefficient (Wildman–Crippen LogP) is 1.47. The molecule has 2 heterocycles. The summed E-state index contributed by atoms with van der Waals surface area (Å²) < 4.78 is 5.68. The molecule has 0 aromatic carbocycles. The monoisotopic (exact) mass is 270 g/mol. The zero-order chi connectivity index (χ0) is 13.0. The molecule has 0 amide bonds. The molecule has 5 heteroatoms. The molecule has 102 valence electrons. The number of morpholine rings is 1. The van der Waals surface area contributed by atoms with E-state index >= 15 is 0 Å². The maximum absolute atomic E-state index is 10.2. The fraction of sp³-hybridized carbons (Fsp3) is 0.769. The molecule has 1 aromatic heterocycles. The van der Waals surface area contributed by atoms with E-state index in [1.165, 1.54) is 0 Å². The Hall–Kier alpha value is -0.490. The van der Waals surface area contributed by atoms with Crippen LogP contribution in [0.5, 0.6) is 0 Å². The topological polar surface area (TPSA) is 45.6 Å². The van der Waals surface area contributed by atoms with Gasteiger partial charge in [0.05, 0.1) is 29.5 Å². The highest BCUT2D eigenvalue weighted by atomic mass is 32.1. The minimum absolute atomic E-state index is 0.0766. The molecule has 1 aromatic rings. The van der Waals surface area contributed by atoms with Crippen molar-refractivity contribution in [2.24, 2.45) is 0 Å². The molecular formula is C13H22N2O2S. The summed E-state index contributed by atoms with van der Waals surface area (Å²) in [6, 6.07) is 0. The number of aliphatic hydroxyl groups excluding tert-OH is 1. The van der Waals surface area contributed by atoms with Gasteiger partial charge >= 0.3 is 0 Å². The Morgan fingerprint density at radius 2 is 2.50 bits per heavy atom. The van der Waals surface area contributed by atoms with Crippen molar-refractivity contribution in [3.05, 3.63) is 16.1 Å². The van der Waals surface area contributed by atoms with Crippen molar-refractivity contribution in [2.75, 3.05) is 26.2 Å². The van der Waals surface area contributed by atoms with E-state index in [9.17, 15) is 5.11 Å². The van der Waals surface area contributed by atoms with Crippen molar-refractivity contribution >= 4 is 11.3 Å². The highest BCUT2D eigenvalue weighted by Crippen LogP contribution is 2.15. The summed E-state index contributed by atoms with van der Waals surface area (Å²) in [4.78, 5) is 6.75. The Morgan fingerprint density at radius 1 is 1.67 bits per heavy atom. The quantitative estimate of drug-likeness (QED) is 0.880. The Labute approximate surface area is 113 Å². The van der Waals surface area contributed by atoms with Crippen molar-refractivity contribution in [3.8, 4) is 0 Å². The highest BCUT2D eigenvalue weighted by molar-refractivity contribution is 7.09. The van der Waals surface area contributed by atoms with Crippen molar-refractivity contribution in [3.63, 3.8) is 0 Å². The number of ether oxygens (including phenoxy) is 1. The van der Waals surface area contributed by atoms with Gasteiger partial charge in [0.25, 0.3) is 0 Å². The average molecular weight is 270 g/mol. The van der Waals surface area contributed by atoms with Gasteiger partial charge in [-0.3, -0.25) is 4.90 Å². The number of aliphatic hydroxyl groups is 1. The molecule has 2 atom stereocenters. The lowest BCUT2D eigenvalue weighted by Gasteiger charge is -2.34. The Balaban J connectivity index is 1.86. The maximum Gasteiger partial charge on any atom is 0.0964 e. The third kappa shape index (κ3) is 3.75. The average Bonchev–Trinajstić information content (AvgIpc) is 2.75. The van der Waals surface area contributed by atoms with Gasteiger partial charge in [0.1, 0.15) is 0 Å². The van der Waals surface area contributed by atoms with Crippen molar-refractivity contribution in [1.82, 2.24) is 9.88 Å². The number of hydrogen-bond acceptors (Lipinski definition) is 5. The van der Waals surface area contributed by atoms with Gasteiger partial charge in [0.2, 0.25) is 0 Å². The normalized spacial score (nSPS) is 23.2. The molecule has 0 aliphatic carbocycles. The van der Waals surface area contributed by atoms with Crippen LogP contribution < -0.4 is 0 Å². The van der Waals surface area contributed by atoms with E-state index in [2.05, 4.69) is 16.8 Å². The second-order valence-corrected chi connectivity index (χ2v) is 5.90. The standard InChI is InChI=1S/C13H22N2O2S/c1-3-4-15-5-6-17-13(8-15)12(16)7-11-9-18-10(2)14-11/h9,12-13,16H,3-8H2,1-2H3. The van der Waals surface area contributed by atoms with Gasteiger partial charge in [-0.25, -0.2) is 4.98 Å². The van der Waals surface area contributed by atoms with E-state index in [0.717, 1.165) is 43.4 Å². The molecule has 4 nitrogen and oxygen atoms in total. The number of aryl methyl sites for hydroxylation is 1. The van der Waals surface area contributed by atoms with Crippen LogP contribution in [0.15, 0.2) is 5.38 Å². The molecular weight excluding hydrogens is 248 g/mol. The van der Waals surface area contributed by atoms with E-state index in [0.29, 0.717) is 6.42 Å². The minimum atomic E-state index is -0.453. The molecule has 2 rings (SSSR count). The third-order valence-electron chi connectivity index (χ3n) is 3.23. The van der Waals surface area contributed by atoms with Crippen LogP contribution in [-0.2, 0) is 11.2 Å². The Kier molecular flexibility index (Phi) is 5.12. The first-order valence-electron chi connectivity index (χ1n) is 6.62. The maximum atomic E-state index is 10.2. The van der Waals surface area contributed by atoms with Gasteiger partial charge < -0.3 is 9.84 Å². The fourth-order valence-electron chi connectivity index (χ4n) is 2.33. The molecule has 1 N–H and O–H groups in total. The smallest absolute Gasteiger partial charge is 0.0964 e. The van der Waals surface area contributed by atoms with E-state index in [4.69, 9.17) is 4.74 Å². The van der Waals surface area contributed by atoms with Crippen LogP contribution >= 0.6 is 11.3 Å². The van der Waals surface area contributed by atoms with Gasteiger partial charge in [-0.05, 0) is 19.9 Å². The molecule has 1 aliphatic heterocycles. The van der Waals surface area contributed by atoms with Crippen LogP contribution in [0.4, 0.5) is 0 Å². The Bertz CT molecular complexity index is 368. The lowest BCUT2D eigenvalue weighted by Crippen LogP contribution is -2.48. The van der Waals surface area contributed by atoms with Crippen molar-refractivity contribution in [1.29, 1.82) is 0 Å². The van der Waals surface area contributed by atoms with E-state index in [1.807, 2.05) is 12.3 Å². The fourth-order valence-corrected chi connectivity index (χ4v) is 2.96. The SMILES string of the molecule is CCCN1CCOC(C(O)Cc2csc(C)n2)C1. The summed E-state index contributed by atoms with van der Waals surface area (Å²) in [5.41, 5.74) is 0.973. The van der Waals surface area contributed by atoms with Crippen LogP contribution in [0.25, 0.3) is 0 Å². The number of rotatable bonds is 5. The predicted molar refractivity (Wildman–Crippen MR) is 73.0 cm³/mol. The lowest BCUT2D eigenvalue weighted by atomic mass is 10.1. The van der Waals surface area contributed by atoms with E-state index in [-0.39, 0.29) is 6.10 Å². The summed E-state index contributed by atoms with van der Waals surface area (Å²) in [5, 5.41) is 13.3. The first-order valence-corrected chi connectivity index (χ1v) is 7.50. The molecule has 0 spiro atoms. The van der Waals surface area contributed by atoms with Crippen LogP contribution in [0.2, 0.25) is 0 Å². The number of nitrogens with zero attached hydrogens (tertiary/aromatic N) is 2. The zero-order valence-electron chi connectivity index (χ0n) is 11.1. The number of aromatic nitrogens is 1. The van der Waals surface area contributed by atoms with Crippen molar-refractivity contribution < 1.29 is 9.84 Å². The molecule has 1 saturated heterocycles. The van der Waals surface area contributed by atoms with Crippen LogP contribution in [0.1, 0.15) is 24.0 Å². The van der Waals surface area contributed by atoms with Gasteiger partial charge in [-0.2, -0.15) is 0 Å². The van der Waals surface area contributed by atoms with Gasteiger partial charge in [-0.1, -0.05) is 6.92 Å². The minimum Gasteiger partial charge on any atom is -0.390 e. The highest BCUT2D eigenvalue weighted by Gasteiger charge is 2.26. The summed E-state index contributed by atoms with van der Waals surface area (Å²) >= 11 is 1.63. The second kappa shape index (κ2) is 6.61. The van der Waals surface area contributed by atoms with Crippen LogP contribution in [-0.4, -0.2) is 53.4 Å². The molecule has 18 heavy (non-hydrogen) atoms.